The van der Waals surface area contributed by atoms with E-state index in [1.807, 2.05) is 11.4 Å². The molecule has 0 aliphatic carbocycles. The van der Waals surface area contributed by atoms with Crippen LogP contribution in [0.4, 0.5) is 0 Å². The normalized spacial score (nSPS) is 18.7. The van der Waals surface area contributed by atoms with Crippen molar-refractivity contribution < 1.29 is 9.59 Å². The van der Waals surface area contributed by atoms with E-state index in [9.17, 15) is 9.59 Å². The van der Waals surface area contributed by atoms with Crippen molar-refractivity contribution in [2.45, 2.75) is 12.5 Å². The van der Waals surface area contributed by atoms with Crippen molar-refractivity contribution >= 4 is 29.5 Å². The SMILES string of the molecule is CNC1C(=O)N(CC(=N)NC=O)CCc2ccsc21. The number of hydrogen-bond donors (Lipinski definition) is 3. The Balaban J connectivity index is 2.17. The van der Waals surface area contributed by atoms with Crippen molar-refractivity contribution in [2.75, 3.05) is 20.1 Å². The van der Waals surface area contributed by atoms with Gasteiger partial charge in [0.15, 0.2) is 0 Å². The van der Waals surface area contributed by atoms with E-state index in [4.69, 9.17) is 5.41 Å². The molecule has 102 valence electrons. The molecule has 2 rings (SSSR count). The number of fused-ring (bicyclic) bond motifs is 1. The molecule has 19 heavy (non-hydrogen) atoms. The van der Waals surface area contributed by atoms with Crippen LogP contribution in [0.1, 0.15) is 16.5 Å². The molecular formula is C12H16N4O2S. The van der Waals surface area contributed by atoms with Crippen LogP contribution < -0.4 is 10.6 Å². The average Bonchev–Trinajstić information content (AvgIpc) is 2.79. The van der Waals surface area contributed by atoms with Gasteiger partial charge in [-0.1, -0.05) is 0 Å². The molecule has 0 saturated heterocycles. The molecule has 1 aliphatic rings. The number of likely N-dealkylation sites (N-methyl/N-ethyl adjacent to an activating group) is 1. The highest BCUT2D eigenvalue weighted by molar-refractivity contribution is 7.10. The smallest absolute Gasteiger partial charge is 0.245 e. The highest BCUT2D eigenvalue weighted by Crippen LogP contribution is 2.29. The Kier molecular flexibility index (Phi) is 4.28. The Bertz CT molecular complexity index is 500. The molecule has 0 fully saturated rings. The Morgan fingerprint density at radius 3 is 3.16 bits per heavy atom. The summed E-state index contributed by atoms with van der Waals surface area (Å²) in [5.41, 5.74) is 1.18. The van der Waals surface area contributed by atoms with Gasteiger partial charge in [-0.25, -0.2) is 0 Å². The van der Waals surface area contributed by atoms with Crippen LogP contribution in [-0.4, -0.2) is 43.2 Å². The lowest BCUT2D eigenvalue weighted by Gasteiger charge is -2.24. The minimum Gasteiger partial charge on any atom is -0.333 e. The summed E-state index contributed by atoms with van der Waals surface area (Å²) in [5, 5.41) is 14.9. The van der Waals surface area contributed by atoms with Gasteiger partial charge in [0.2, 0.25) is 12.3 Å². The number of thiophene rings is 1. The van der Waals surface area contributed by atoms with Crippen molar-refractivity contribution in [1.29, 1.82) is 5.41 Å². The molecule has 1 aromatic heterocycles. The van der Waals surface area contributed by atoms with E-state index in [0.717, 1.165) is 11.3 Å². The molecule has 1 unspecified atom stereocenters. The molecule has 7 heteroatoms. The molecule has 2 heterocycles. The zero-order chi connectivity index (χ0) is 13.8. The maximum atomic E-state index is 12.4. The minimum atomic E-state index is -0.360. The summed E-state index contributed by atoms with van der Waals surface area (Å²) >= 11 is 1.57. The lowest BCUT2D eigenvalue weighted by atomic mass is 10.1. The predicted octanol–water partition coefficient (Wildman–Crippen LogP) is 0.117. The minimum absolute atomic E-state index is 0.0310. The van der Waals surface area contributed by atoms with Crippen LogP contribution in [0.2, 0.25) is 0 Å². The fraction of sp³-hybridized carbons (Fsp3) is 0.417. The van der Waals surface area contributed by atoms with Crippen molar-refractivity contribution in [2.24, 2.45) is 0 Å². The maximum absolute atomic E-state index is 12.4. The van der Waals surface area contributed by atoms with Crippen molar-refractivity contribution in [3.63, 3.8) is 0 Å². The van der Waals surface area contributed by atoms with Gasteiger partial charge in [0.1, 0.15) is 11.9 Å². The standard InChI is InChI=1S/C12H16N4O2S/c1-14-10-11-8(3-5-19-11)2-4-16(12(10)18)6-9(13)15-7-17/h3,5,7,10,14H,2,4,6H2,1H3,(H2,13,15,17). The number of nitrogens with zero attached hydrogens (tertiary/aromatic N) is 1. The summed E-state index contributed by atoms with van der Waals surface area (Å²) < 4.78 is 0. The number of hydrogen-bond acceptors (Lipinski definition) is 5. The molecular weight excluding hydrogens is 264 g/mol. The second kappa shape index (κ2) is 5.94. The lowest BCUT2D eigenvalue weighted by Crippen LogP contribution is -2.44. The summed E-state index contributed by atoms with van der Waals surface area (Å²) in [6.45, 7) is 0.689. The number of nitrogens with one attached hydrogen (secondary N) is 3. The lowest BCUT2D eigenvalue weighted by molar-refractivity contribution is -0.132. The van der Waals surface area contributed by atoms with Crippen LogP contribution in [-0.2, 0) is 16.0 Å². The summed E-state index contributed by atoms with van der Waals surface area (Å²) in [5.74, 6) is -0.0235. The first-order valence-electron chi connectivity index (χ1n) is 5.97. The van der Waals surface area contributed by atoms with Gasteiger partial charge in [-0.05, 0) is 30.5 Å². The highest BCUT2D eigenvalue weighted by atomic mass is 32.1. The summed E-state index contributed by atoms with van der Waals surface area (Å²) in [4.78, 5) is 25.4. The van der Waals surface area contributed by atoms with Crippen LogP contribution in [0.15, 0.2) is 11.4 Å². The third kappa shape index (κ3) is 2.82. The monoisotopic (exact) mass is 280 g/mol. The summed E-state index contributed by atoms with van der Waals surface area (Å²) in [7, 11) is 1.75. The third-order valence-electron chi connectivity index (χ3n) is 3.12. The van der Waals surface area contributed by atoms with Gasteiger partial charge in [-0.2, -0.15) is 0 Å². The zero-order valence-corrected chi connectivity index (χ0v) is 11.4. The number of carbonyl (C=O) groups excluding carboxylic acids is 2. The second-order valence-corrected chi connectivity index (χ2v) is 5.23. The van der Waals surface area contributed by atoms with Gasteiger partial charge < -0.3 is 15.5 Å². The van der Waals surface area contributed by atoms with Gasteiger partial charge in [0.05, 0.1) is 6.54 Å². The van der Waals surface area contributed by atoms with E-state index in [1.54, 1.807) is 23.3 Å². The van der Waals surface area contributed by atoms with Crippen molar-refractivity contribution in [1.82, 2.24) is 15.5 Å². The number of rotatable bonds is 4. The number of amidine groups is 1. The second-order valence-electron chi connectivity index (χ2n) is 4.28. The Hall–Kier alpha value is -1.73. The van der Waals surface area contributed by atoms with Gasteiger partial charge in [0, 0.05) is 11.4 Å². The fourth-order valence-corrected chi connectivity index (χ4v) is 3.24. The van der Waals surface area contributed by atoms with E-state index in [0.29, 0.717) is 13.0 Å². The van der Waals surface area contributed by atoms with E-state index in [2.05, 4.69) is 10.6 Å². The van der Waals surface area contributed by atoms with Crippen LogP contribution in [0.3, 0.4) is 0 Å². The largest absolute Gasteiger partial charge is 0.333 e. The summed E-state index contributed by atoms with van der Waals surface area (Å²) in [6, 6.07) is 1.68. The maximum Gasteiger partial charge on any atom is 0.245 e. The molecule has 0 radical (unpaired) electrons. The summed E-state index contributed by atoms with van der Waals surface area (Å²) in [6.07, 6.45) is 1.23. The molecule has 1 aliphatic heterocycles. The number of carbonyl (C=O) groups is 2. The third-order valence-corrected chi connectivity index (χ3v) is 4.15. The van der Waals surface area contributed by atoms with E-state index >= 15 is 0 Å². The van der Waals surface area contributed by atoms with Crippen LogP contribution >= 0.6 is 11.3 Å². The van der Waals surface area contributed by atoms with E-state index in [1.165, 1.54) is 5.56 Å². The molecule has 6 nitrogen and oxygen atoms in total. The Labute approximate surface area is 115 Å². The molecule has 3 N–H and O–H groups in total. The number of amides is 2. The first-order valence-corrected chi connectivity index (χ1v) is 6.85. The van der Waals surface area contributed by atoms with Crippen LogP contribution in [0.25, 0.3) is 0 Å². The molecule has 1 atom stereocenters. The quantitative estimate of drug-likeness (QED) is 0.416. The van der Waals surface area contributed by atoms with Gasteiger partial charge in [-0.3, -0.25) is 15.0 Å². The zero-order valence-electron chi connectivity index (χ0n) is 10.6. The van der Waals surface area contributed by atoms with Crippen LogP contribution in [0, 0.1) is 5.41 Å². The Morgan fingerprint density at radius 1 is 1.68 bits per heavy atom. The molecule has 1 aromatic rings. The Morgan fingerprint density at radius 2 is 2.47 bits per heavy atom. The van der Waals surface area contributed by atoms with Crippen molar-refractivity contribution in [3.8, 4) is 0 Å². The molecule has 0 saturated carbocycles. The molecule has 2 amide bonds. The van der Waals surface area contributed by atoms with Gasteiger partial charge >= 0.3 is 0 Å². The van der Waals surface area contributed by atoms with Gasteiger partial charge in [0.25, 0.3) is 0 Å². The molecule has 0 bridgehead atoms. The molecule has 0 aromatic carbocycles. The van der Waals surface area contributed by atoms with Gasteiger partial charge in [-0.15, -0.1) is 11.3 Å². The van der Waals surface area contributed by atoms with E-state index < -0.39 is 0 Å². The average molecular weight is 280 g/mol. The first-order chi connectivity index (χ1) is 9.17. The van der Waals surface area contributed by atoms with Crippen molar-refractivity contribution in [3.05, 3.63) is 21.9 Å². The van der Waals surface area contributed by atoms with Crippen LogP contribution in [0.5, 0.6) is 0 Å². The molecule has 0 spiro atoms. The topological polar surface area (TPSA) is 85.3 Å². The fourth-order valence-electron chi connectivity index (χ4n) is 2.19. The van der Waals surface area contributed by atoms with E-state index in [-0.39, 0.29) is 24.3 Å². The highest BCUT2D eigenvalue weighted by Gasteiger charge is 2.31. The first kappa shape index (κ1) is 13.7. The predicted molar refractivity (Wildman–Crippen MR) is 73.3 cm³/mol.